The molecular formula is C12H16N4. The van der Waals surface area contributed by atoms with Gasteiger partial charge < -0.3 is 9.88 Å². The van der Waals surface area contributed by atoms with Gasteiger partial charge in [-0.05, 0) is 18.9 Å². The number of aromatic nitrogens is 3. The van der Waals surface area contributed by atoms with Crippen molar-refractivity contribution >= 4 is 16.9 Å². The van der Waals surface area contributed by atoms with E-state index >= 15 is 0 Å². The Bertz CT molecular complexity index is 497. The molecule has 84 valence electrons. The molecule has 0 aliphatic heterocycles. The van der Waals surface area contributed by atoms with E-state index in [1.165, 1.54) is 25.7 Å². The van der Waals surface area contributed by atoms with Crippen molar-refractivity contribution in [1.29, 1.82) is 0 Å². The highest BCUT2D eigenvalue weighted by Gasteiger charge is 2.16. The summed E-state index contributed by atoms with van der Waals surface area (Å²) in [7, 11) is 2.01. The van der Waals surface area contributed by atoms with Gasteiger partial charge in [-0.1, -0.05) is 12.8 Å². The fraction of sp³-hybridized carbons (Fsp3) is 0.500. The summed E-state index contributed by atoms with van der Waals surface area (Å²) in [4.78, 5) is 8.79. The van der Waals surface area contributed by atoms with Gasteiger partial charge in [0.2, 0.25) is 0 Å². The van der Waals surface area contributed by atoms with Crippen LogP contribution in [-0.4, -0.2) is 20.6 Å². The van der Waals surface area contributed by atoms with E-state index < -0.39 is 0 Å². The van der Waals surface area contributed by atoms with Gasteiger partial charge in [-0.3, -0.25) is 0 Å². The van der Waals surface area contributed by atoms with Crippen molar-refractivity contribution < 1.29 is 0 Å². The van der Waals surface area contributed by atoms with Crippen molar-refractivity contribution in [2.75, 3.05) is 5.32 Å². The molecule has 1 aliphatic carbocycles. The average molecular weight is 216 g/mol. The highest BCUT2D eigenvalue weighted by atomic mass is 15.1. The lowest BCUT2D eigenvalue weighted by Gasteiger charge is -2.12. The summed E-state index contributed by atoms with van der Waals surface area (Å²) in [5.41, 5.74) is 2.12. The Morgan fingerprint density at radius 3 is 2.94 bits per heavy atom. The summed E-state index contributed by atoms with van der Waals surface area (Å²) in [6, 6.07) is 2.59. The van der Waals surface area contributed by atoms with Crippen LogP contribution >= 0.6 is 0 Å². The summed E-state index contributed by atoms with van der Waals surface area (Å²) in [6.45, 7) is 0. The van der Waals surface area contributed by atoms with Crippen LogP contribution in [0, 0.1) is 0 Å². The van der Waals surface area contributed by atoms with Crippen molar-refractivity contribution in [3.8, 4) is 0 Å². The number of pyridine rings is 1. The number of anilines is 1. The van der Waals surface area contributed by atoms with Crippen LogP contribution in [0.3, 0.4) is 0 Å². The van der Waals surface area contributed by atoms with Gasteiger partial charge in [0.05, 0.1) is 11.8 Å². The third-order valence-corrected chi connectivity index (χ3v) is 3.34. The van der Waals surface area contributed by atoms with Crippen molar-refractivity contribution in [2.45, 2.75) is 31.7 Å². The molecule has 4 nitrogen and oxygen atoms in total. The van der Waals surface area contributed by atoms with Gasteiger partial charge in [-0.25, -0.2) is 9.97 Å². The third kappa shape index (κ3) is 1.54. The molecule has 0 radical (unpaired) electrons. The molecule has 0 spiro atoms. The van der Waals surface area contributed by atoms with E-state index in [1.807, 2.05) is 30.2 Å². The third-order valence-electron chi connectivity index (χ3n) is 3.34. The van der Waals surface area contributed by atoms with Crippen molar-refractivity contribution in [2.24, 2.45) is 7.05 Å². The molecule has 0 atom stereocenters. The molecule has 0 saturated heterocycles. The molecule has 2 aromatic rings. The molecule has 0 bridgehead atoms. The van der Waals surface area contributed by atoms with Crippen LogP contribution in [0.5, 0.6) is 0 Å². The minimum atomic E-state index is 0.583. The summed E-state index contributed by atoms with van der Waals surface area (Å²) in [6.07, 6.45) is 8.86. The van der Waals surface area contributed by atoms with E-state index in [0.29, 0.717) is 6.04 Å². The molecule has 1 saturated carbocycles. The zero-order chi connectivity index (χ0) is 11.0. The van der Waals surface area contributed by atoms with Crippen LogP contribution in [-0.2, 0) is 7.05 Å². The molecule has 4 heteroatoms. The van der Waals surface area contributed by atoms with E-state index in [-0.39, 0.29) is 0 Å². The van der Waals surface area contributed by atoms with E-state index in [0.717, 1.165) is 16.9 Å². The van der Waals surface area contributed by atoms with Crippen LogP contribution in [0.15, 0.2) is 18.6 Å². The van der Waals surface area contributed by atoms with Crippen LogP contribution in [0.25, 0.3) is 11.0 Å². The number of imidazole rings is 1. The molecule has 3 rings (SSSR count). The Morgan fingerprint density at radius 2 is 2.12 bits per heavy atom. The molecular weight excluding hydrogens is 200 g/mol. The SMILES string of the molecule is Cn1cnc2c(NC3CCCC3)nccc21. The van der Waals surface area contributed by atoms with Crippen LogP contribution in [0.4, 0.5) is 5.82 Å². The Balaban J connectivity index is 1.96. The molecule has 16 heavy (non-hydrogen) atoms. The highest BCUT2D eigenvalue weighted by molar-refractivity contribution is 5.85. The zero-order valence-electron chi connectivity index (χ0n) is 9.48. The van der Waals surface area contributed by atoms with Crippen molar-refractivity contribution in [3.63, 3.8) is 0 Å². The maximum absolute atomic E-state index is 4.40. The predicted molar refractivity (Wildman–Crippen MR) is 64.4 cm³/mol. The summed E-state index contributed by atoms with van der Waals surface area (Å²) in [5, 5.41) is 3.51. The molecule has 1 N–H and O–H groups in total. The van der Waals surface area contributed by atoms with E-state index in [9.17, 15) is 0 Å². The quantitative estimate of drug-likeness (QED) is 0.837. The molecule has 0 amide bonds. The second-order valence-corrected chi connectivity index (χ2v) is 4.51. The number of aryl methyl sites for hydroxylation is 1. The Hall–Kier alpha value is -1.58. The fourth-order valence-electron chi connectivity index (χ4n) is 2.43. The minimum absolute atomic E-state index is 0.583. The van der Waals surface area contributed by atoms with Gasteiger partial charge in [-0.2, -0.15) is 0 Å². The zero-order valence-corrected chi connectivity index (χ0v) is 9.48. The topological polar surface area (TPSA) is 42.7 Å². The van der Waals surface area contributed by atoms with E-state index in [1.54, 1.807) is 0 Å². The maximum Gasteiger partial charge on any atom is 0.154 e. The van der Waals surface area contributed by atoms with Crippen molar-refractivity contribution in [1.82, 2.24) is 14.5 Å². The minimum Gasteiger partial charge on any atom is -0.365 e. The van der Waals surface area contributed by atoms with Gasteiger partial charge in [0.25, 0.3) is 0 Å². The lowest BCUT2D eigenvalue weighted by molar-refractivity contribution is 0.752. The van der Waals surface area contributed by atoms with E-state index in [4.69, 9.17) is 0 Å². The first-order valence-corrected chi connectivity index (χ1v) is 5.87. The summed E-state index contributed by atoms with van der Waals surface area (Å²) >= 11 is 0. The fourth-order valence-corrected chi connectivity index (χ4v) is 2.43. The second kappa shape index (κ2) is 3.77. The largest absolute Gasteiger partial charge is 0.365 e. The molecule has 0 aromatic carbocycles. The van der Waals surface area contributed by atoms with Gasteiger partial charge in [0.15, 0.2) is 5.82 Å². The molecule has 2 heterocycles. The number of rotatable bonds is 2. The smallest absolute Gasteiger partial charge is 0.154 e. The lowest BCUT2D eigenvalue weighted by atomic mass is 10.2. The van der Waals surface area contributed by atoms with Crippen LogP contribution in [0.1, 0.15) is 25.7 Å². The Morgan fingerprint density at radius 1 is 1.31 bits per heavy atom. The maximum atomic E-state index is 4.40. The number of hydrogen-bond donors (Lipinski definition) is 1. The molecule has 0 unspecified atom stereocenters. The van der Waals surface area contributed by atoms with Crippen molar-refractivity contribution in [3.05, 3.63) is 18.6 Å². The average Bonchev–Trinajstić information content (AvgIpc) is 2.90. The standard InChI is InChI=1S/C12H16N4/c1-16-8-14-11-10(16)6-7-13-12(11)15-9-4-2-3-5-9/h6-9H,2-5H2,1H3,(H,13,15). The number of hydrogen-bond acceptors (Lipinski definition) is 3. The number of nitrogens with zero attached hydrogens (tertiary/aromatic N) is 3. The molecule has 1 aliphatic rings. The normalized spacial score (nSPS) is 17.1. The van der Waals surface area contributed by atoms with Gasteiger partial charge in [-0.15, -0.1) is 0 Å². The summed E-state index contributed by atoms with van der Waals surface area (Å²) in [5.74, 6) is 0.935. The van der Waals surface area contributed by atoms with Gasteiger partial charge >= 0.3 is 0 Å². The van der Waals surface area contributed by atoms with Gasteiger partial charge in [0.1, 0.15) is 5.52 Å². The van der Waals surface area contributed by atoms with E-state index in [2.05, 4.69) is 15.3 Å². The first-order valence-electron chi connectivity index (χ1n) is 5.87. The number of nitrogens with one attached hydrogen (secondary N) is 1. The first kappa shape index (κ1) is 9.63. The first-order chi connectivity index (χ1) is 7.84. The lowest BCUT2D eigenvalue weighted by Crippen LogP contribution is -2.15. The monoisotopic (exact) mass is 216 g/mol. The number of fused-ring (bicyclic) bond motifs is 1. The highest BCUT2D eigenvalue weighted by Crippen LogP contribution is 2.24. The molecule has 2 aromatic heterocycles. The predicted octanol–water partition coefficient (Wildman–Crippen LogP) is 2.32. The Labute approximate surface area is 94.7 Å². The second-order valence-electron chi connectivity index (χ2n) is 4.51. The van der Waals surface area contributed by atoms with Crippen LogP contribution in [0.2, 0.25) is 0 Å². The van der Waals surface area contributed by atoms with Gasteiger partial charge in [0, 0.05) is 19.3 Å². The molecule has 1 fully saturated rings. The Kier molecular flexibility index (Phi) is 2.27. The van der Waals surface area contributed by atoms with Crippen LogP contribution < -0.4 is 5.32 Å². The summed E-state index contributed by atoms with van der Waals surface area (Å²) < 4.78 is 2.02.